The van der Waals surface area contributed by atoms with E-state index >= 15 is 0 Å². The van der Waals surface area contributed by atoms with Gasteiger partial charge in [-0.3, -0.25) is 9.59 Å². The third-order valence-corrected chi connectivity index (χ3v) is 5.97. The second kappa shape index (κ2) is 7.28. The van der Waals surface area contributed by atoms with Crippen LogP contribution in [0.3, 0.4) is 0 Å². The minimum atomic E-state index is -1.28. The summed E-state index contributed by atoms with van der Waals surface area (Å²) in [6, 6.07) is 6.19. The molecule has 3 rings (SSSR count). The number of carbonyl (C=O) groups excluding carboxylic acids is 3. The van der Waals surface area contributed by atoms with Crippen molar-refractivity contribution in [2.24, 2.45) is 5.73 Å². The second-order valence-electron chi connectivity index (χ2n) is 6.45. The average Bonchev–Trinajstić information content (AvgIpc) is 2.80. The molecule has 3 N–H and O–H groups in total. The van der Waals surface area contributed by atoms with Crippen molar-refractivity contribution in [3.63, 3.8) is 0 Å². The van der Waals surface area contributed by atoms with Crippen LogP contribution in [-0.2, 0) is 14.4 Å². The molecule has 0 radical (unpaired) electrons. The van der Waals surface area contributed by atoms with Crippen molar-refractivity contribution < 1.29 is 49.0 Å². The molecule has 128 valence electrons. The molecule has 2 aliphatic rings. The SMILES string of the molecule is CC1(C)SC2C(NC(=O)C(N)c3ccccc3)C(=O)N2[C@H]1C(=O)[O-].[Na+]. The summed E-state index contributed by atoms with van der Waals surface area (Å²) < 4.78 is -0.680. The molecular weight excluding hydrogens is 353 g/mol. The fourth-order valence-corrected chi connectivity index (χ4v) is 4.80. The Morgan fingerprint density at radius 2 is 1.92 bits per heavy atom. The Balaban J connectivity index is 0.00000225. The van der Waals surface area contributed by atoms with Crippen molar-refractivity contribution in [1.29, 1.82) is 0 Å². The summed E-state index contributed by atoms with van der Waals surface area (Å²) in [5, 5.41) is 13.6. The van der Waals surface area contributed by atoms with E-state index in [0.29, 0.717) is 5.56 Å². The van der Waals surface area contributed by atoms with Crippen molar-refractivity contribution in [3.8, 4) is 0 Å². The first kappa shape index (κ1) is 20.3. The summed E-state index contributed by atoms with van der Waals surface area (Å²) in [6.45, 7) is 3.50. The molecule has 25 heavy (non-hydrogen) atoms. The molecule has 1 aromatic rings. The van der Waals surface area contributed by atoms with E-state index in [0.717, 1.165) is 0 Å². The molecule has 2 aliphatic heterocycles. The first-order valence-corrected chi connectivity index (χ1v) is 8.44. The molecule has 2 heterocycles. The summed E-state index contributed by atoms with van der Waals surface area (Å²) >= 11 is 1.34. The van der Waals surface area contributed by atoms with E-state index in [2.05, 4.69) is 5.32 Å². The number of hydrogen-bond acceptors (Lipinski definition) is 6. The summed E-state index contributed by atoms with van der Waals surface area (Å²) in [4.78, 5) is 37.2. The Labute approximate surface area is 172 Å². The number of benzene rings is 1. The molecule has 0 saturated carbocycles. The predicted molar refractivity (Wildman–Crippen MR) is 86.4 cm³/mol. The normalized spacial score (nSPS) is 27.6. The summed E-state index contributed by atoms with van der Waals surface area (Å²) in [5.74, 6) is -2.16. The molecule has 2 fully saturated rings. The largest absolute Gasteiger partial charge is 1.00 e. The topological polar surface area (TPSA) is 116 Å². The van der Waals surface area contributed by atoms with Gasteiger partial charge in [0.25, 0.3) is 0 Å². The summed E-state index contributed by atoms with van der Waals surface area (Å²) in [5.41, 5.74) is 6.57. The predicted octanol–water partition coefficient (Wildman–Crippen LogP) is -4.01. The molecule has 9 heteroatoms. The molecule has 4 atom stereocenters. The van der Waals surface area contributed by atoms with E-state index in [-0.39, 0.29) is 29.6 Å². The molecule has 3 unspecified atom stereocenters. The Morgan fingerprint density at radius 3 is 2.48 bits per heavy atom. The van der Waals surface area contributed by atoms with Crippen LogP contribution in [0.4, 0.5) is 0 Å². The van der Waals surface area contributed by atoms with Crippen molar-refractivity contribution in [3.05, 3.63) is 35.9 Å². The molecular formula is C16H18N3NaO4S. The third-order valence-electron chi connectivity index (χ3n) is 4.40. The number of hydrogen-bond donors (Lipinski definition) is 2. The van der Waals surface area contributed by atoms with Gasteiger partial charge in [0.15, 0.2) is 0 Å². The van der Waals surface area contributed by atoms with Crippen molar-refractivity contribution in [1.82, 2.24) is 10.2 Å². The molecule has 2 saturated heterocycles. The number of nitrogens with two attached hydrogens (primary N) is 1. The van der Waals surface area contributed by atoms with Crippen LogP contribution in [0.25, 0.3) is 0 Å². The Hall–Kier alpha value is -1.06. The van der Waals surface area contributed by atoms with Crippen LogP contribution in [-0.4, -0.2) is 44.9 Å². The van der Waals surface area contributed by atoms with Crippen LogP contribution in [0, 0.1) is 0 Å². The van der Waals surface area contributed by atoms with Crippen LogP contribution in [0.2, 0.25) is 0 Å². The van der Waals surface area contributed by atoms with Gasteiger partial charge in [-0.25, -0.2) is 0 Å². The number of β-lactam (4-membered cyclic amide) rings is 1. The van der Waals surface area contributed by atoms with Gasteiger partial charge in [-0.2, -0.15) is 0 Å². The first-order chi connectivity index (χ1) is 11.2. The van der Waals surface area contributed by atoms with Crippen molar-refractivity contribution >= 4 is 29.5 Å². The molecule has 0 bridgehead atoms. The number of carboxylic acid groups (broad SMARTS) is 1. The van der Waals surface area contributed by atoms with Crippen LogP contribution < -0.4 is 45.7 Å². The maximum atomic E-state index is 12.3. The fraction of sp³-hybridized carbons (Fsp3) is 0.438. The Morgan fingerprint density at radius 1 is 1.32 bits per heavy atom. The van der Waals surface area contributed by atoms with Crippen LogP contribution in [0.1, 0.15) is 25.5 Å². The van der Waals surface area contributed by atoms with Gasteiger partial charge in [0.2, 0.25) is 11.8 Å². The van der Waals surface area contributed by atoms with Gasteiger partial charge in [0, 0.05) is 4.75 Å². The summed E-state index contributed by atoms with van der Waals surface area (Å²) in [6.07, 6.45) is 0. The summed E-state index contributed by atoms with van der Waals surface area (Å²) in [7, 11) is 0. The van der Waals surface area contributed by atoms with E-state index in [1.165, 1.54) is 16.7 Å². The maximum Gasteiger partial charge on any atom is 1.00 e. The fourth-order valence-electron chi connectivity index (χ4n) is 3.18. The van der Waals surface area contributed by atoms with Crippen LogP contribution in [0.15, 0.2) is 30.3 Å². The van der Waals surface area contributed by atoms with E-state index < -0.39 is 46.0 Å². The Bertz CT molecular complexity index is 700. The maximum absolute atomic E-state index is 12.3. The van der Waals surface area contributed by atoms with Gasteiger partial charge >= 0.3 is 29.6 Å². The van der Waals surface area contributed by atoms with Gasteiger partial charge in [-0.05, 0) is 19.4 Å². The van der Waals surface area contributed by atoms with Gasteiger partial charge in [-0.15, -0.1) is 11.8 Å². The number of rotatable bonds is 4. The van der Waals surface area contributed by atoms with Crippen molar-refractivity contribution in [2.75, 3.05) is 0 Å². The molecule has 0 aromatic heterocycles. The smallest absolute Gasteiger partial charge is 0.548 e. The van der Waals surface area contributed by atoms with Gasteiger partial charge < -0.3 is 25.9 Å². The number of nitrogens with one attached hydrogen (secondary N) is 1. The number of nitrogens with zero attached hydrogens (tertiary/aromatic N) is 1. The zero-order chi connectivity index (χ0) is 17.6. The Kier molecular flexibility index (Phi) is 5.90. The number of amides is 2. The number of carbonyl (C=O) groups is 3. The molecule has 7 nitrogen and oxygen atoms in total. The average molecular weight is 371 g/mol. The van der Waals surface area contributed by atoms with E-state index in [4.69, 9.17) is 5.73 Å². The molecule has 2 amide bonds. The zero-order valence-electron chi connectivity index (χ0n) is 14.3. The van der Waals surface area contributed by atoms with Crippen molar-refractivity contribution in [2.45, 2.75) is 42.1 Å². The molecule has 1 aromatic carbocycles. The monoisotopic (exact) mass is 371 g/mol. The first-order valence-electron chi connectivity index (χ1n) is 7.56. The number of aliphatic carboxylic acids is 1. The third kappa shape index (κ3) is 3.46. The van der Waals surface area contributed by atoms with Gasteiger partial charge in [-0.1, -0.05) is 30.3 Å². The number of fused-ring (bicyclic) bond motifs is 1. The van der Waals surface area contributed by atoms with Gasteiger partial charge in [0.05, 0.1) is 12.0 Å². The van der Waals surface area contributed by atoms with E-state index in [9.17, 15) is 19.5 Å². The van der Waals surface area contributed by atoms with Gasteiger partial charge in [0.1, 0.15) is 17.5 Å². The van der Waals surface area contributed by atoms with Crippen LogP contribution >= 0.6 is 11.8 Å². The molecule has 0 aliphatic carbocycles. The number of thioether (sulfide) groups is 1. The molecule has 0 spiro atoms. The minimum Gasteiger partial charge on any atom is -0.548 e. The minimum absolute atomic E-state index is 0. The van der Waals surface area contributed by atoms with E-state index in [1.54, 1.807) is 38.1 Å². The standard InChI is InChI=1S/C16H19N3O4S.Na/c1-16(2)11(15(22)23)19-13(21)10(14(19)24-16)18-12(20)9(17)8-6-4-3-5-7-8;/h3-7,9-11,14H,17H2,1-2H3,(H,18,20)(H,22,23);/q;+1/p-1/t9?,10?,11-,14?;/m0./s1. The quantitative estimate of drug-likeness (QED) is 0.412. The van der Waals surface area contributed by atoms with E-state index in [1.807, 2.05) is 6.07 Å². The number of carboxylic acids is 1. The second-order valence-corrected chi connectivity index (χ2v) is 8.22. The van der Waals surface area contributed by atoms with Crippen LogP contribution in [0.5, 0.6) is 0 Å². The zero-order valence-corrected chi connectivity index (χ0v) is 17.1.